The molecule has 17 heavy (non-hydrogen) atoms. The second kappa shape index (κ2) is 6.38. The van der Waals surface area contributed by atoms with Crippen molar-refractivity contribution in [1.82, 2.24) is 0 Å². The zero-order valence-electron chi connectivity index (χ0n) is 9.97. The van der Waals surface area contributed by atoms with E-state index in [-0.39, 0.29) is 6.04 Å². The Hall–Kier alpha value is -1.38. The predicted molar refractivity (Wildman–Crippen MR) is 68.1 cm³/mol. The van der Waals surface area contributed by atoms with Crippen molar-refractivity contribution < 1.29 is 8.95 Å². The van der Waals surface area contributed by atoms with E-state index in [2.05, 4.69) is 6.07 Å². The molecule has 0 fully saturated rings. The molecule has 2 atom stereocenters. The van der Waals surface area contributed by atoms with Crippen LogP contribution in [0.1, 0.15) is 18.1 Å². The van der Waals surface area contributed by atoms with Gasteiger partial charge < -0.3 is 10.5 Å². The Morgan fingerprint density at radius 3 is 2.82 bits per heavy atom. The van der Waals surface area contributed by atoms with Crippen LogP contribution < -0.4 is 10.5 Å². The molecule has 0 bridgehead atoms. The largest absolute Gasteiger partial charge is 0.495 e. The molecule has 2 unspecified atom stereocenters. The molecule has 1 rings (SSSR count). The number of rotatable bonds is 5. The highest BCUT2D eigenvalue weighted by Gasteiger charge is 2.08. The van der Waals surface area contributed by atoms with E-state index in [0.29, 0.717) is 22.8 Å². The minimum atomic E-state index is -0.995. The van der Waals surface area contributed by atoms with Crippen LogP contribution >= 0.6 is 0 Å². The number of hydrogen-bond donors (Lipinski definition) is 1. The second-order valence-electron chi connectivity index (χ2n) is 3.87. The summed E-state index contributed by atoms with van der Waals surface area (Å²) < 4.78 is 16.7. The molecule has 0 radical (unpaired) electrons. The Kier molecular flexibility index (Phi) is 5.13. The summed E-state index contributed by atoms with van der Waals surface area (Å²) in [6, 6.07) is 7.22. The van der Waals surface area contributed by atoms with Crippen LogP contribution in [-0.4, -0.2) is 23.1 Å². The van der Waals surface area contributed by atoms with E-state index in [1.807, 2.05) is 13.0 Å². The summed E-state index contributed by atoms with van der Waals surface area (Å²) >= 11 is 0. The lowest BCUT2D eigenvalue weighted by Crippen LogP contribution is -2.23. The van der Waals surface area contributed by atoms with Gasteiger partial charge in [-0.1, -0.05) is 6.07 Å². The van der Waals surface area contributed by atoms with Gasteiger partial charge in [0.15, 0.2) is 0 Å². The smallest absolute Gasteiger partial charge is 0.136 e. The van der Waals surface area contributed by atoms with Gasteiger partial charge in [-0.15, -0.1) is 0 Å². The number of methoxy groups -OCH3 is 1. The van der Waals surface area contributed by atoms with Crippen molar-refractivity contribution in [2.75, 3.05) is 12.9 Å². The van der Waals surface area contributed by atoms with E-state index < -0.39 is 10.8 Å². The second-order valence-corrected chi connectivity index (χ2v) is 5.38. The van der Waals surface area contributed by atoms with Gasteiger partial charge in [0.25, 0.3) is 0 Å². The molecule has 0 heterocycles. The lowest BCUT2D eigenvalue weighted by molar-refractivity contribution is 0.413. The van der Waals surface area contributed by atoms with E-state index in [1.165, 1.54) is 7.11 Å². The zero-order valence-corrected chi connectivity index (χ0v) is 10.8. The molecule has 2 N–H and O–H groups in total. The Morgan fingerprint density at radius 2 is 2.29 bits per heavy atom. The monoisotopic (exact) mass is 252 g/mol. The van der Waals surface area contributed by atoms with Gasteiger partial charge in [-0.2, -0.15) is 5.26 Å². The highest BCUT2D eigenvalue weighted by Crippen LogP contribution is 2.19. The number of ether oxygens (including phenoxy) is 1. The van der Waals surface area contributed by atoms with E-state index in [9.17, 15) is 4.21 Å². The molecule has 0 amide bonds. The van der Waals surface area contributed by atoms with Gasteiger partial charge in [0.1, 0.15) is 11.8 Å². The molecule has 1 aromatic carbocycles. The highest BCUT2D eigenvalue weighted by molar-refractivity contribution is 7.84. The molecule has 5 heteroatoms. The van der Waals surface area contributed by atoms with E-state index >= 15 is 0 Å². The van der Waals surface area contributed by atoms with Crippen molar-refractivity contribution in [3.8, 4) is 11.8 Å². The normalized spacial score (nSPS) is 13.8. The molecule has 0 aliphatic rings. The lowest BCUT2D eigenvalue weighted by Gasteiger charge is -2.07. The minimum absolute atomic E-state index is 0.0791. The highest BCUT2D eigenvalue weighted by atomic mass is 32.2. The van der Waals surface area contributed by atoms with Crippen molar-refractivity contribution >= 4 is 10.8 Å². The minimum Gasteiger partial charge on any atom is -0.495 e. The molecule has 0 aliphatic carbocycles. The third kappa shape index (κ3) is 4.17. The SMILES string of the molecule is COc1ccc(CS(=O)CC(C)N)cc1C#N. The van der Waals surface area contributed by atoms with Crippen molar-refractivity contribution in [3.63, 3.8) is 0 Å². The molecule has 0 aromatic heterocycles. The summed E-state index contributed by atoms with van der Waals surface area (Å²) in [6.07, 6.45) is 0. The van der Waals surface area contributed by atoms with Crippen LogP contribution in [0.3, 0.4) is 0 Å². The third-order valence-corrected chi connectivity index (χ3v) is 3.71. The molecule has 4 nitrogen and oxygen atoms in total. The van der Waals surface area contributed by atoms with Gasteiger partial charge in [0.2, 0.25) is 0 Å². The average Bonchev–Trinajstić information content (AvgIpc) is 2.27. The van der Waals surface area contributed by atoms with Gasteiger partial charge in [-0.3, -0.25) is 4.21 Å². The molecule has 0 saturated heterocycles. The summed E-state index contributed by atoms with van der Waals surface area (Å²) in [6.45, 7) is 1.83. The summed E-state index contributed by atoms with van der Waals surface area (Å²) in [4.78, 5) is 0. The van der Waals surface area contributed by atoms with Gasteiger partial charge in [0.05, 0.1) is 12.7 Å². The number of nitrogens with two attached hydrogens (primary N) is 1. The Bertz CT molecular complexity index is 452. The Balaban J connectivity index is 2.80. The predicted octanol–water partition coefficient (Wildman–Crippen LogP) is 1.16. The quantitative estimate of drug-likeness (QED) is 0.853. The fraction of sp³-hybridized carbons (Fsp3) is 0.417. The van der Waals surface area contributed by atoms with Gasteiger partial charge in [0, 0.05) is 28.3 Å². The number of nitriles is 1. The number of hydrogen-bond acceptors (Lipinski definition) is 4. The zero-order chi connectivity index (χ0) is 12.8. The maximum atomic E-state index is 11.7. The van der Waals surface area contributed by atoms with Crippen LogP contribution in [0.2, 0.25) is 0 Å². The maximum Gasteiger partial charge on any atom is 0.136 e. The van der Waals surface area contributed by atoms with Gasteiger partial charge in [-0.05, 0) is 24.6 Å². The van der Waals surface area contributed by atoms with Crippen molar-refractivity contribution in [2.45, 2.75) is 18.7 Å². The van der Waals surface area contributed by atoms with E-state index in [1.54, 1.807) is 12.1 Å². The fourth-order valence-corrected chi connectivity index (χ4v) is 2.73. The molecular formula is C12H16N2O2S. The first-order valence-corrected chi connectivity index (χ1v) is 6.73. The molecule has 0 saturated carbocycles. The average molecular weight is 252 g/mol. The first-order valence-electron chi connectivity index (χ1n) is 5.24. The van der Waals surface area contributed by atoms with Gasteiger partial charge >= 0.3 is 0 Å². The standard InChI is InChI=1S/C12H16N2O2S/c1-9(14)7-17(15)8-10-3-4-12(16-2)11(5-10)6-13/h3-5,9H,7-8,14H2,1-2H3. The third-order valence-electron chi connectivity index (χ3n) is 2.16. The van der Waals surface area contributed by atoms with Crippen molar-refractivity contribution in [3.05, 3.63) is 29.3 Å². The maximum absolute atomic E-state index is 11.7. The first-order chi connectivity index (χ1) is 8.06. The number of benzene rings is 1. The molecular weight excluding hydrogens is 236 g/mol. The molecule has 1 aromatic rings. The van der Waals surface area contributed by atoms with Crippen LogP contribution in [0, 0.1) is 11.3 Å². The Labute approximate surface area is 104 Å². The molecule has 0 spiro atoms. The summed E-state index contributed by atoms with van der Waals surface area (Å²) in [5, 5.41) is 8.93. The summed E-state index contributed by atoms with van der Waals surface area (Å²) in [5.41, 5.74) is 6.91. The van der Waals surface area contributed by atoms with Crippen molar-refractivity contribution in [1.29, 1.82) is 5.26 Å². The number of nitrogens with zero attached hydrogens (tertiary/aromatic N) is 1. The molecule has 92 valence electrons. The lowest BCUT2D eigenvalue weighted by atomic mass is 10.1. The van der Waals surface area contributed by atoms with E-state index in [4.69, 9.17) is 15.7 Å². The van der Waals surface area contributed by atoms with Crippen LogP contribution in [0.4, 0.5) is 0 Å². The van der Waals surface area contributed by atoms with Crippen LogP contribution in [0.15, 0.2) is 18.2 Å². The topological polar surface area (TPSA) is 76.1 Å². The van der Waals surface area contributed by atoms with Crippen molar-refractivity contribution in [2.24, 2.45) is 5.73 Å². The fourth-order valence-electron chi connectivity index (χ4n) is 1.47. The molecule has 0 aliphatic heterocycles. The van der Waals surface area contributed by atoms with Crippen LogP contribution in [-0.2, 0) is 16.6 Å². The van der Waals surface area contributed by atoms with Gasteiger partial charge in [-0.25, -0.2) is 0 Å². The van der Waals surface area contributed by atoms with Crippen LogP contribution in [0.25, 0.3) is 0 Å². The summed E-state index contributed by atoms with van der Waals surface area (Å²) in [7, 11) is 0.523. The van der Waals surface area contributed by atoms with Crippen LogP contribution in [0.5, 0.6) is 5.75 Å². The first kappa shape index (κ1) is 13.7. The van der Waals surface area contributed by atoms with E-state index in [0.717, 1.165) is 5.56 Å². The summed E-state index contributed by atoms with van der Waals surface area (Å²) in [5.74, 6) is 1.42. The Morgan fingerprint density at radius 1 is 1.59 bits per heavy atom.